The molecule has 2 N–H and O–H groups in total. The number of hydrogen-bond donors (Lipinski definition) is 2. The summed E-state index contributed by atoms with van der Waals surface area (Å²) < 4.78 is 37.8. The summed E-state index contributed by atoms with van der Waals surface area (Å²) in [6, 6.07) is 11.1. The Labute approximate surface area is 192 Å². The lowest BCUT2D eigenvalue weighted by Crippen LogP contribution is -2.43. The van der Waals surface area contributed by atoms with Gasteiger partial charge < -0.3 is 14.8 Å². The van der Waals surface area contributed by atoms with Gasteiger partial charge in [-0.1, -0.05) is 17.7 Å². The van der Waals surface area contributed by atoms with Gasteiger partial charge in [-0.25, -0.2) is 13.2 Å². The molecule has 0 aromatic heterocycles. The second kappa shape index (κ2) is 9.77. The van der Waals surface area contributed by atoms with Gasteiger partial charge in [0.05, 0.1) is 11.4 Å². The van der Waals surface area contributed by atoms with Crippen molar-refractivity contribution in [2.45, 2.75) is 18.2 Å². The molecule has 11 heteroatoms. The number of rotatable bonds is 5. The van der Waals surface area contributed by atoms with Crippen molar-refractivity contribution in [2.75, 3.05) is 44.8 Å². The summed E-state index contributed by atoms with van der Waals surface area (Å²) in [5.74, 6) is 0.647. The quantitative estimate of drug-likeness (QED) is 0.678. The molecule has 0 atom stereocenters. The van der Waals surface area contributed by atoms with Gasteiger partial charge in [0.15, 0.2) is 11.5 Å². The van der Waals surface area contributed by atoms with Crippen LogP contribution in [0.5, 0.6) is 11.5 Å². The third kappa shape index (κ3) is 5.62. The number of urea groups is 1. The van der Waals surface area contributed by atoms with Gasteiger partial charge in [0.25, 0.3) is 0 Å². The van der Waals surface area contributed by atoms with Crippen LogP contribution >= 0.6 is 0 Å². The average Bonchev–Trinajstić information content (AvgIpc) is 3.10. The van der Waals surface area contributed by atoms with Crippen molar-refractivity contribution >= 4 is 27.6 Å². The maximum Gasteiger partial charge on any atom is 0.325 e. The first-order chi connectivity index (χ1) is 15.8. The Kier molecular flexibility index (Phi) is 6.82. The molecule has 0 bridgehead atoms. The van der Waals surface area contributed by atoms with Gasteiger partial charge in [-0.2, -0.15) is 4.31 Å². The number of hydrogen-bond acceptors (Lipinski definition) is 7. The number of aryl methyl sites for hydroxylation is 1. The Morgan fingerprint density at radius 2 is 1.73 bits per heavy atom. The van der Waals surface area contributed by atoms with E-state index in [2.05, 4.69) is 10.6 Å². The number of nitrogens with one attached hydrogen (secondary N) is 2. The van der Waals surface area contributed by atoms with Crippen molar-refractivity contribution in [3.8, 4) is 11.5 Å². The molecule has 0 spiro atoms. The second-order valence-electron chi connectivity index (χ2n) is 7.92. The molecule has 1 fully saturated rings. The van der Waals surface area contributed by atoms with Crippen molar-refractivity contribution in [3.63, 3.8) is 0 Å². The highest BCUT2D eigenvalue weighted by Crippen LogP contribution is 2.34. The monoisotopic (exact) mass is 474 g/mol. The fourth-order valence-corrected chi connectivity index (χ4v) is 5.18. The van der Waals surface area contributed by atoms with Gasteiger partial charge in [-0.15, -0.1) is 0 Å². The number of imide groups is 1. The van der Waals surface area contributed by atoms with Crippen LogP contribution in [-0.2, 0) is 14.8 Å². The predicted octanol–water partition coefficient (Wildman–Crippen LogP) is 1.77. The van der Waals surface area contributed by atoms with Crippen molar-refractivity contribution in [3.05, 3.63) is 48.0 Å². The number of amides is 3. The number of carbonyl (C=O) groups excluding carboxylic acids is 2. The first-order valence-electron chi connectivity index (χ1n) is 10.6. The SMILES string of the molecule is Cc1ccc(S(=O)(=O)N2CCCN(CC(=O)NC(=O)Nc3ccc4c(c3)OCO4)CC2)cc1. The summed E-state index contributed by atoms with van der Waals surface area (Å²) in [6.45, 7) is 3.61. The lowest BCUT2D eigenvalue weighted by Gasteiger charge is -2.21. The summed E-state index contributed by atoms with van der Waals surface area (Å²) in [6.07, 6.45) is 0.585. The molecule has 2 aliphatic heterocycles. The van der Waals surface area contributed by atoms with Crippen LogP contribution in [0.25, 0.3) is 0 Å². The van der Waals surface area contributed by atoms with Crippen LogP contribution < -0.4 is 20.1 Å². The van der Waals surface area contributed by atoms with E-state index in [0.29, 0.717) is 43.2 Å². The van der Waals surface area contributed by atoms with Crippen LogP contribution in [0, 0.1) is 6.92 Å². The summed E-state index contributed by atoms with van der Waals surface area (Å²) in [4.78, 5) is 26.6. The van der Waals surface area contributed by atoms with Crippen LogP contribution in [0.3, 0.4) is 0 Å². The first kappa shape index (κ1) is 23.0. The Bertz CT molecular complexity index is 1140. The molecule has 10 nitrogen and oxygen atoms in total. The van der Waals surface area contributed by atoms with Crippen molar-refractivity contribution in [1.82, 2.24) is 14.5 Å². The van der Waals surface area contributed by atoms with Gasteiger partial charge in [-0.3, -0.25) is 15.0 Å². The van der Waals surface area contributed by atoms with Crippen LogP contribution in [0.15, 0.2) is 47.4 Å². The normalized spacial score (nSPS) is 16.8. The summed E-state index contributed by atoms with van der Waals surface area (Å²) in [5, 5.41) is 4.89. The van der Waals surface area contributed by atoms with E-state index in [1.165, 1.54) is 4.31 Å². The first-order valence-corrected chi connectivity index (χ1v) is 12.0. The molecule has 33 heavy (non-hydrogen) atoms. The van der Waals surface area contributed by atoms with Crippen LogP contribution in [-0.4, -0.2) is 69.1 Å². The average molecular weight is 475 g/mol. The lowest BCUT2D eigenvalue weighted by molar-refractivity contribution is -0.121. The molecular formula is C22H26N4O6S. The van der Waals surface area contributed by atoms with Gasteiger partial charge in [-0.05, 0) is 44.2 Å². The standard InChI is InChI=1S/C22H26N4O6S/c1-16-3-6-18(7-4-16)33(29,30)26-10-2-9-25(11-12-26)14-21(27)24-22(28)23-17-5-8-19-20(13-17)32-15-31-19/h3-8,13H,2,9-12,14-15H2,1H3,(H2,23,24,27,28). The smallest absolute Gasteiger partial charge is 0.325 e. The summed E-state index contributed by atoms with van der Waals surface area (Å²) in [7, 11) is -3.59. The Hall–Kier alpha value is -3.15. The van der Waals surface area contributed by atoms with E-state index in [0.717, 1.165) is 5.56 Å². The minimum atomic E-state index is -3.59. The predicted molar refractivity (Wildman–Crippen MR) is 121 cm³/mol. The zero-order chi connectivity index (χ0) is 23.4. The highest BCUT2D eigenvalue weighted by Gasteiger charge is 2.27. The maximum absolute atomic E-state index is 12.9. The Morgan fingerprint density at radius 1 is 0.970 bits per heavy atom. The molecule has 4 rings (SSSR count). The third-order valence-corrected chi connectivity index (χ3v) is 7.37. The van der Waals surface area contributed by atoms with Crippen LogP contribution in [0.1, 0.15) is 12.0 Å². The number of fused-ring (bicyclic) bond motifs is 1. The molecule has 2 aromatic carbocycles. The Balaban J connectivity index is 1.27. The van der Waals surface area contributed by atoms with Crippen molar-refractivity contribution in [2.24, 2.45) is 0 Å². The van der Waals surface area contributed by atoms with Crippen molar-refractivity contribution < 1.29 is 27.5 Å². The van der Waals surface area contributed by atoms with Crippen LogP contribution in [0.2, 0.25) is 0 Å². The molecule has 3 amide bonds. The molecule has 1 saturated heterocycles. The maximum atomic E-state index is 12.9. The largest absolute Gasteiger partial charge is 0.454 e. The molecule has 2 aliphatic rings. The van der Waals surface area contributed by atoms with Gasteiger partial charge in [0.2, 0.25) is 22.7 Å². The number of anilines is 1. The molecule has 0 radical (unpaired) electrons. The number of carbonyl (C=O) groups is 2. The number of benzene rings is 2. The van der Waals surface area contributed by atoms with E-state index in [4.69, 9.17) is 9.47 Å². The van der Waals surface area contributed by atoms with E-state index in [-0.39, 0.29) is 24.8 Å². The number of nitrogens with zero attached hydrogens (tertiary/aromatic N) is 2. The van der Waals surface area contributed by atoms with E-state index in [9.17, 15) is 18.0 Å². The fourth-order valence-electron chi connectivity index (χ4n) is 3.71. The number of sulfonamides is 1. The summed E-state index contributed by atoms with van der Waals surface area (Å²) in [5.41, 5.74) is 1.46. The molecule has 0 saturated carbocycles. The van der Waals surface area contributed by atoms with Gasteiger partial charge >= 0.3 is 6.03 Å². The molecular weight excluding hydrogens is 448 g/mol. The van der Waals surface area contributed by atoms with Crippen molar-refractivity contribution in [1.29, 1.82) is 0 Å². The van der Waals surface area contributed by atoms with Gasteiger partial charge in [0.1, 0.15) is 0 Å². The van der Waals surface area contributed by atoms with E-state index < -0.39 is 22.0 Å². The van der Waals surface area contributed by atoms with Crippen LogP contribution in [0.4, 0.5) is 10.5 Å². The van der Waals surface area contributed by atoms with E-state index in [1.54, 1.807) is 42.5 Å². The topological polar surface area (TPSA) is 117 Å². The second-order valence-corrected chi connectivity index (χ2v) is 9.86. The third-order valence-electron chi connectivity index (χ3n) is 5.46. The van der Waals surface area contributed by atoms with Gasteiger partial charge in [0, 0.05) is 31.4 Å². The fraction of sp³-hybridized carbons (Fsp3) is 0.364. The highest BCUT2D eigenvalue weighted by atomic mass is 32.2. The summed E-state index contributed by atoms with van der Waals surface area (Å²) >= 11 is 0. The Morgan fingerprint density at radius 3 is 2.52 bits per heavy atom. The minimum absolute atomic E-state index is 0.00697. The zero-order valence-corrected chi connectivity index (χ0v) is 19.1. The molecule has 0 aliphatic carbocycles. The zero-order valence-electron chi connectivity index (χ0n) is 18.2. The molecule has 2 aromatic rings. The lowest BCUT2D eigenvalue weighted by atomic mass is 10.2. The molecule has 2 heterocycles. The highest BCUT2D eigenvalue weighted by molar-refractivity contribution is 7.89. The molecule has 176 valence electrons. The van der Waals surface area contributed by atoms with E-state index >= 15 is 0 Å². The van der Waals surface area contributed by atoms with E-state index in [1.807, 2.05) is 11.8 Å². The minimum Gasteiger partial charge on any atom is -0.454 e. The number of ether oxygens (including phenoxy) is 2. The molecule has 0 unspecified atom stereocenters.